The van der Waals surface area contributed by atoms with Gasteiger partial charge in [-0.25, -0.2) is 0 Å². The van der Waals surface area contributed by atoms with Crippen LogP contribution in [-0.4, -0.2) is 28.0 Å². The molecule has 0 aromatic heterocycles. The van der Waals surface area contributed by atoms with E-state index in [4.69, 9.17) is 9.29 Å². The molecule has 0 heterocycles. The number of carboxylic acids is 1. The molecular formula is C6H12O3S2. The van der Waals surface area contributed by atoms with E-state index in [-0.39, 0.29) is 5.25 Å². The molecule has 0 radical (unpaired) electrons. The Labute approximate surface area is 75.1 Å². The van der Waals surface area contributed by atoms with Crippen molar-refractivity contribution in [3.63, 3.8) is 0 Å². The van der Waals surface area contributed by atoms with Crippen molar-refractivity contribution in [2.45, 2.75) is 19.1 Å². The van der Waals surface area contributed by atoms with Crippen LogP contribution in [0, 0.1) is 0 Å². The number of hydrogen-bond donors (Lipinski definition) is 1. The summed E-state index contributed by atoms with van der Waals surface area (Å²) in [5, 5.41) is 8.79. The van der Waals surface area contributed by atoms with Crippen LogP contribution < -0.4 is 0 Å². The second kappa shape index (κ2) is 6.82. The molecular weight excluding hydrogens is 184 g/mol. The van der Waals surface area contributed by atoms with Crippen molar-refractivity contribution in [3.05, 3.63) is 0 Å². The quantitative estimate of drug-likeness (QED) is 0.399. The van der Waals surface area contributed by atoms with Crippen molar-refractivity contribution < 1.29 is 14.1 Å². The maximum atomic E-state index is 10.3. The monoisotopic (exact) mass is 196 g/mol. The van der Waals surface area contributed by atoms with Crippen molar-refractivity contribution in [2.75, 3.05) is 11.7 Å². The van der Waals surface area contributed by atoms with E-state index in [0.29, 0.717) is 11.7 Å². The summed E-state index contributed by atoms with van der Waals surface area (Å²) in [4.78, 5) is 10.3. The summed E-state index contributed by atoms with van der Waals surface area (Å²) < 4.78 is 4.97. The molecule has 5 heteroatoms. The summed E-state index contributed by atoms with van der Waals surface area (Å²) in [5.41, 5.74) is 0. The minimum Gasteiger partial charge on any atom is -0.480 e. The molecule has 0 aromatic carbocycles. The van der Waals surface area contributed by atoms with Gasteiger partial charge >= 0.3 is 5.97 Å². The summed E-state index contributed by atoms with van der Waals surface area (Å²) in [5.74, 6) is -0.771. The van der Waals surface area contributed by atoms with Gasteiger partial charge in [-0.15, -0.1) is 11.8 Å². The zero-order valence-corrected chi connectivity index (χ0v) is 8.20. The van der Waals surface area contributed by atoms with Gasteiger partial charge in [0.25, 0.3) is 0 Å². The number of rotatable bonds is 6. The first-order chi connectivity index (χ1) is 5.18. The zero-order chi connectivity index (χ0) is 8.69. The molecule has 66 valence electrons. The number of carbonyl (C=O) groups is 1. The van der Waals surface area contributed by atoms with Crippen molar-refractivity contribution in [1.82, 2.24) is 0 Å². The van der Waals surface area contributed by atoms with Crippen LogP contribution in [0.5, 0.6) is 0 Å². The molecule has 0 saturated heterocycles. The average molecular weight is 196 g/mol. The molecule has 0 aliphatic rings. The van der Waals surface area contributed by atoms with Gasteiger partial charge in [0.15, 0.2) is 0 Å². The lowest BCUT2D eigenvalue weighted by Crippen LogP contribution is -2.11. The first kappa shape index (κ1) is 11.1. The first-order valence-electron chi connectivity index (χ1n) is 3.27. The smallest absolute Gasteiger partial charge is 0.316 e. The van der Waals surface area contributed by atoms with E-state index in [1.165, 1.54) is 23.8 Å². The Hall–Kier alpha value is 0.130. The topological polar surface area (TPSA) is 46.5 Å². The molecule has 1 unspecified atom stereocenters. The number of thioether (sulfide) groups is 1. The Morgan fingerprint density at radius 2 is 2.36 bits per heavy atom. The van der Waals surface area contributed by atoms with E-state index in [2.05, 4.69) is 0 Å². The fourth-order valence-electron chi connectivity index (χ4n) is 0.318. The molecule has 0 aliphatic carbocycles. The molecule has 0 rings (SSSR count). The molecule has 1 N–H and O–H groups in total. The van der Waals surface area contributed by atoms with Crippen molar-refractivity contribution in [1.29, 1.82) is 0 Å². The van der Waals surface area contributed by atoms with E-state index in [0.717, 1.165) is 0 Å². The van der Waals surface area contributed by atoms with Crippen molar-refractivity contribution in [2.24, 2.45) is 0 Å². The number of aliphatic carboxylic acids is 1. The van der Waals surface area contributed by atoms with Gasteiger partial charge in [0.05, 0.1) is 11.7 Å². The number of hydrogen-bond acceptors (Lipinski definition) is 4. The molecule has 0 saturated carbocycles. The standard InChI is InChI=1S/C6H12O3S2/c1-3-9-11-4-10-5(2)6(7)8/h5H,3-4H2,1-2H3,(H,7,8). The number of carboxylic acid groups (broad SMARTS) is 1. The molecule has 0 fully saturated rings. The van der Waals surface area contributed by atoms with Gasteiger partial charge in [-0.3, -0.25) is 4.79 Å². The summed E-state index contributed by atoms with van der Waals surface area (Å²) in [7, 11) is 0. The molecule has 0 amide bonds. The third-order valence-corrected chi connectivity index (χ3v) is 2.95. The highest BCUT2D eigenvalue weighted by molar-refractivity contribution is 8.14. The molecule has 1 atom stereocenters. The predicted molar refractivity (Wildman–Crippen MR) is 48.8 cm³/mol. The Kier molecular flexibility index (Phi) is 6.90. The average Bonchev–Trinajstić information content (AvgIpc) is 1.97. The fourth-order valence-corrected chi connectivity index (χ4v) is 1.94. The first-order valence-corrected chi connectivity index (χ1v) is 5.23. The van der Waals surface area contributed by atoms with Gasteiger partial charge in [-0.05, 0) is 13.8 Å². The minimum absolute atomic E-state index is 0.344. The normalized spacial score (nSPS) is 12.9. The van der Waals surface area contributed by atoms with Crippen LogP contribution >= 0.6 is 23.8 Å². The van der Waals surface area contributed by atoms with Crippen LogP contribution in [0.2, 0.25) is 0 Å². The van der Waals surface area contributed by atoms with Gasteiger partial charge in [-0.2, -0.15) is 0 Å². The largest absolute Gasteiger partial charge is 0.480 e. The van der Waals surface area contributed by atoms with Crippen LogP contribution in [-0.2, 0) is 8.98 Å². The van der Waals surface area contributed by atoms with Crippen LogP contribution in [0.25, 0.3) is 0 Å². The maximum Gasteiger partial charge on any atom is 0.316 e. The summed E-state index contributed by atoms with van der Waals surface area (Å²) >= 11 is 2.66. The third-order valence-electron chi connectivity index (χ3n) is 0.915. The highest BCUT2D eigenvalue weighted by Gasteiger charge is 2.10. The van der Waals surface area contributed by atoms with Crippen molar-refractivity contribution >= 4 is 29.8 Å². The van der Waals surface area contributed by atoms with E-state index in [9.17, 15) is 4.79 Å². The van der Waals surface area contributed by atoms with Crippen LogP contribution in [0.4, 0.5) is 0 Å². The Bertz CT molecular complexity index is 118. The summed E-state index contributed by atoms with van der Waals surface area (Å²) in [6.07, 6.45) is 0. The molecule has 3 nitrogen and oxygen atoms in total. The second-order valence-corrected chi connectivity index (χ2v) is 4.24. The molecule has 11 heavy (non-hydrogen) atoms. The lowest BCUT2D eigenvalue weighted by Gasteiger charge is -2.03. The Morgan fingerprint density at radius 3 is 2.82 bits per heavy atom. The summed E-state index contributed by atoms with van der Waals surface area (Å²) in [6, 6.07) is 0. The van der Waals surface area contributed by atoms with Crippen LogP contribution in [0.3, 0.4) is 0 Å². The fraction of sp³-hybridized carbons (Fsp3) is 0.833. The second-order valence-electron chi connectivity index (χ2n) is 1.79. The minimum atomic E-state index is -0.771. The van der Waals surface area contributed by atoms with Gasteiger partial charge in [0.1, 0.15) is 5.25 Å². The predicted octanol–water partition coefficient (Wildman–Crippen LogP) is 1.83. The van der Waals surface area contributed by atoms with Gasteiger partial charge in [0, 0.05) is 12.0 Å². The Balaban J connectivity index is 3.17. The lowest BCUT2D eigenvalue weighted by molar-refractivity contribution is -0.136. The summed E-state index contributed by atoms with van der Waals surface area (Å²) in [6.45, 7) is 4.23. The molecule has 0 aromatic rings. The van der Waals surface area contributed by atoms with Gasteiger partial charge in [-0.1, -0.05) is 0 Å². The highest BCUT2D eigenvalue weighted by atomic mass is 32.2. The van der Waals surface area contributed by atoms with Crippen LogP contribution in [0.1, 0.15) is 13.8 Å². The highest BCUT2D eigenvalue weighted by Crippen LogP contribution is 2.17. The molecule has 0 spiro atoms. The van der Waals surface area contributed by atoms with E-state index < -0.39 is 5.97 Å². The molecule has 0 bridgehead atoms. The van der Waals surface area contributed by atoms with E-state index in [1.54, 1.807) is 6.92 Å². The molecule has 0 aliphatic heterocycles. The van der Waals surface area contributed by atoms with Crippen molar-refractivity contribution in [3.8, 4) is 0 Å². The van der Waals surface area contributed by atoms with Crippen LogP contribution in [0.15, 0.2) is 0 Å². The zero-order valence-electron chi connectivity index (χ0n) is 6.57. The lowest BCUT2D eigenvalue weighted by atomic mass is 10.5. The SMILES string of the molecule is CCOSCSC(C)C(=O)O. The Morgan fingerprint density at radius 1 is 1.73 bits per heavy atom. The van der Waals surface area contributed by atoms with E-state index in [1.807, 2.05) is 6.92 Å². The van der Waals surface area contributed by atoms with Gasteiger partial charge < -0.3 is 9.29 Å². The van der Waals surface area contributed by atoms with E-state index >= 15 is 0 Å². The third kappa shape index (κ3) is 6.52. The van der Waals surface area contributed by atoms with Gasteiger partial charge in [0.2, 0.25) is 0 Å². The maximum absolute atomic E-state index is 10.3.